The van der Waals surface area contributed by atoms with Crippen molar-refractivity contribution >= 4 is 28.9 Å². The van der Waals surface area contributed by atoms with E-state index in [1.807, 2.05) is 0 Å². The zero-order valence-corrected chi connectivity index (χ0v) is 11.3. The van der Waals surface area contributed by atoms with Crippen molar-refractivity contribution in [2.45, 2.75) is 12.6 Å². The van der Waals surface area contributed by atoms with Gasteiger partial charge >= 0.3 is 5.97 Å². The highest BCUT2D eigenvalue weighted by Gasteiger charge is 2.30. The number of halogens is 1. The molecule has 1 fully saturated rings. The average molecular weight is 300 g/mol. The molecule has 3 rings (SSSR count). The monoisotopic (exact) mass is 299 g/mol. The van der Waals surface area contributed by atoms with Crippen molar-refractivity contribution in [3.63, 3.8) is 0 Å². The van der Waals surface area contributed by atoms with E-state index in [4.69, 9.17) is 16.7 Å². The van der Waals surface area contributed by atoms with Crippen LogP contribution in [-0.2, 0) is 6.54 Å². The second-order valence-electron chi connectivity index (χ2n) is 4.29. The van der Waals surface area contributed by atoms with E-state index >= 15 is 0 Å². The molecule has 0 spiro atoms. The third kappa shape index (κ3) is 2.60. The van der Waals surface area contributed by atoms with E-state index in [0.29, 0.717) is 4.34 Å². The van der Waals surface area contributed by atoms with Crippen LogP contribution in [0.1, 0.15) is 21.5 Å². The van der Waals surface area contributed by atoms with Crippen molar-refractivity contribution in [3.8, 4) is 0 Å². The summed E-state index contributed by atoms with van der Waals surface area (Å²) in [6, 6.07) is 0.177. The summed E-state index contributed by atoms with van der Waals surface area (Å²) < 4.78 is 2.30. The summed E-state index contributed by atoms with van der Waals surface area (Å²) in [6.07, 6.45) is 3.11. The Morgan fingerprint density at radius 3 is 2.95 bits per heavy atom. The Hall–Kier alpha value is -1.51. The molecule has 1 aliphatic heterocycles. The first-order valence-electron chi connectivity index (χ1n) is 5.59. The number of carbonyl (C=O) groups is 1. The van der Waals surface area contributed by atoms with Gasteiger partial charge in [0, 0.05) is 13.1 Å². The van der Waals surface area contributed by atoms with Gasteiger partial charge in [0.15, 0.2) is 5.69 Å². The third-order valence-corrected chi connectivity index (χ3v) is 4.03. The summed E-state index contributed by atoms with van der Waals surface area (Å²) in [6.45, 7) is 2.37. The number of carboxylic acids is 1. The Morgan fingerprint density at radius 1 is 1.58 bits per heavy atom. The van der Waals surface area contributed by atoms with Crippen LogP contribution in [0.15, 0.2) is 12.4 Å². The van der Waals surface area contributed by atoms with Crippen LogP contribution in [0.3, 0.4) is 0 Å². The molecule has 2 aromatic rings. The standard InChI is InChI=1S/C10H10ClN5O2S/c11-8-1-12-9(19-8)5-15-2-6(3-15)16-4-7(10(17)18)13-14-16/h1,4,6H,2-3,5H2,(H,17,18). The maximum absolute atomic E-state index is 10.7. The van der Waals surface area contributed by atoms with Gasteiger partial charge in [-0.2, -0.15) is 0 Å². The van der Waals surface area contributed by atoms with E-state index in [-0.39, 0.29) is 11.7 Å². The van der Waals surface area contributed by atoms with E-state index in [0.717, 1.165) is 24.6 Å². The molecule has 1 aliphatic rings. The highest BCUT2D eigenvalue weighted by atomic mass is 35.5. The molecule has 0 amide bonds. The van der Waals surface area contributed by atoms with Gasteiger partial charge in [0.2, 0.25) is 0 Å². The maximum atomic E-state index is 10.7. The van der Waals surface area contributed by atoms with Crippen LogP contribution in [0.25, 0.3) is 0 Å². The highest BCUT2D eigenvalue weighted by molar-refractivity contribution is 7.15. The normalized spacial score (nSPS) is 16.5. The van der Waals surface area contributed by atoms with Crippen LogP contribution < -0.4 is 0 Å². The molecule has 0 radical (unpaired) electrons. The average Bonchev–Trinajstić information content (AvgIpc) is 2.91. The molecular formula is C10H10ClN5O2S. The minimum atomic E-state index is -1.06. The van der Waals surface area contributed by atoms with Crippen LogP contribution in [0.4, 0.5) is 0 Å². The summed E-state index contributed by atoms with van der Waals surface area (Å²) in [5, 5.41) is 17.2. The van der Waals surface area contributed by atoms with Crippen molar-refractivity contribution < 1.29 is 9.90 Å². The van der Waals surface area contributed by atoms with E-state index in [9.17, 15) is 4.79 Å². The molecule has 9 heteroatoms. The number of carboxylic acid groups (broad SMARTS) is 1. The molecule has 0 atom stereocenters. The summed E-state index contributed by atoms with van der Waals surface area (Å²) in [4.78, 5) is 17.1. The molecule has 1 N–H and O–H groups in total. The fourth-order valence-electron chi connectivity index (χ4n) is 1.94. The smallest absolute Gasteiger partial charge is 0.358 e. The quantitative estimate of drug-likeness (QED) is 0.911. The van der Waals surface area contributed by atoms with Crippen molar-refractivity contribution in [2.75, 3.05) is 13.1 Å². The predicted octanol–water partition coefficient (Wildman–Crippen LogP) is 1.14. The Kier molecular flexibility index (Phi) is 3.21. The van der Waals surface area contributed by atoms with Gasteiger partial charge in [-0.15, -0.1) is 16.4 Å². The molecule has 0 aromatic carbocycles. The van der Waals surface area contributed by atoms with Crippen LogP contribution in [0.5, 0.6) is 0 Å². The molecule has 19 heavy (non-hydrogen) atoms. The highest BCUT2D eigenvalue weighted by Crippen LogP contribution is 2.25. The molecule has 100 valence electrons. The number of rotatable bonds is 4. The number of thiazole rings is 1. The first-order chi connectivity index (χ1) is 9.11. The van der Waals surface area contributed by atoms with Gasteiger partial charge in [0.05, 0.1) is 25.0 Å². The zero-order valence-electron chi connectivity index (χ0n) is 9.73. The first kappa shape index (κ1) is 12.5. The van der Waals surface area contributed by atoms with Gasteiger partial charge in [-0.3, -0.25) is 4.90 Å². The van der Waals surface area contributed by atoms with E-state index in [1.54, 1.807) is 10.9 Å². The molecule has 3 heterocycles. The van der Waals surface area contributed by atoms with Crippen molar-refractivity contribution in [2.24, 2.45) is 0 Å². The van der Waals surface area contributed by atoms with E-state index in [1.165, 1.54) is 17.5 Å². The Morgan fingerprint density at radius 2 is 2.37 bits per heavy atom. The lowest BCUT2D eigenvalue weighted by Gasteiger charge is -2.38. The van der Waals surface area contributed by atoms with Crippen molar-refractivity contribution in [1.82, 2.24) is 24.9 Å². The van der Waals surface area contributed by atoms with E-state index in [2.05, 4.69) is 20.2 Å². The Bertz CT molecular complexity index is 607. The largest absolute Gasteiger partial charge is 0.476 e. The second kappa shape index (κ2) is 4.87. The van der Waals surface area contributed by atoms with Gasteiger partial charge in [0.1, 0.15) is 9.34 Å². The second-order valence-corrected chi connectivity index (χ2v) is 6.04. The topological polar surface area (TPSA) is 84.1 Å². The van der Waals surface area contributed by atoms with Crippen molar-refractivity contribution in [3.05, 3.63) is 27.4 Å². The number of aromatic carboxylic acids is 1. The van der Waals surface area contributed by atoms with Gasteiger partial charge in [-0.05, 0) is 0 Å². The van der Waals surface area contributed by atoms with Gasteiger partial charge in [0.25, 0.3) is 0 Å². The molecule has 7 nitrogen and oxygen atoms in total. The molecule has 0 bridgehead atoms. The summed E-state index contributed by atoms with van der Waals surface area (Å²) in [5.41, 5.74) is -0.0230. The summed E-state index contributed by atoms with van der Waals surface area (Å²) in [7, 11) is 0. The molecule has 1 saturated heterocycles. The number of aromatic nitrogens is 4. The van der Waals surface area contributed by atoms with Gasteiger partial charge in [-0.1, -0.05) is 16.8 Å². The van der Waals surface area contributed by atoms with Crippen LogP contribution in [0, 0.1) is 0 Å². The van der Waals surface area contributed by atoms with Crippen LogP contribution in [0.2, 0.25) is 4.34 Å². The number of hydrogen-bond donors (Lipinski definition) is 1. The Balaban J connectivity index is 1.55. The lowest BCUT2D eigenvalue weighted by atomic mass is 10.1. The molecule has 0 aliphatic carbocycles. The molecular weight excluding hydrogens is 290 g/mol. The number of nitrogens with zero attached hydrogens (tertiary/aromatic N) is 5. The van der Waals surface area contributed by atoms with Crippen LogP contribution >= 0.6 is 22.9 Å². The number of hydrogen-bond acceptors (Lipinski definition) is 6. The summed E-state index contributed by atoms with van der Waals surface area (Å²) in [5.74, 6) is -1.06. The van der Waals surface area contributed by atoms with Crippen molar-refractivity contribution in [1.29, 1.82) is 0 Å². The molecule has 0 saturated carbocycles. The maximum Gasteiger partial charge on any atom is 0.358 e. The summed E-state index contributed by atoms with van der Waals surface area (Å²) >= 11 is 7.29. The molecule has 2 aromatic heterocycles. The van der Waals surface area contributed by atoms with Crippen LogP contribution in [-0.4, -0.2) is 49.0 Å². The minimum absolute atomic E-state index is 0.0230. The minimum Gasteiger partial charge on any atom is -0.476 e. The fourth-order valence-corrected chi connectivity index (χ4v) is 2.94. The SMILES string of the molecule is O=C(O)c1cn(C2CN(Cc3ncc(Cl)s3)C2)nn1. The first-order valence-corrected chi connectivity index (χ1v) is 6.79. The predicted molar refractivity (Wildman–Crippen MR) is 68.4 cm³/mol. The van der Waals surface area contributed by atoms with Gasteiger partial charge < -0.3 is 5.11 Å². The fraction of sp³-hybridized carbons (Fsp3) is 0.400. The lowest BCUT2D eigenvalue weighted by molar-refractivity contribution is 0.0690. The van der Waals surface area contributed by atoms with Gasteiger partial charge in [-0.25, -0.2) is 14.5 Å². The molecule has 0 unspecified atom stereocenters. The zero-order chi connectivity index (χ0) is 13.4. The Labute approximate surface area is 117 Å². The third-order valence-electron chi connectivity index (χ3n) is 2.93. The number of likely N-dealkylation sites (tertiary alicyclic amines) is 1. The lowest BCUT2D eigenvalue weighted by Crippen LogP contribution is -2.47. The van der Waals surface area contributed by atoms with E-state index < -0.39 is 5.97 Å².